The summed E-state index contributed by atoms with van der Waals surface area (Å²) in [7, 11) is 0. The van der Waals surface area contributed by atoms with Crippen LogP contribution in [-0.4, -0.2) is 10.9 Å². The van der Waals surface area contributed by atoms with E-state index in [0.717, 1.165) is 16.2 Å². The standard InChI is InChI=1S/C23H16F4N2OS/c24-13-14-7-9-15(10-8-14)20(21-17(23(25,26)27)5-3-11-28-21)29-22(30)19-12-16-4-1-2-6-18(16)31-19/h1-12,20H,13H2,(H,29,30)/t20-/m0/s1. The largest absolute Gasteiger partial charge is 0.418 e. The Morgan fingerprint density at radius 1 is 1.03 bits per heavy atom. The molecular formula is C23H16F4N2OS. The SMILES string of the molecule is O=C(N[C@@H](c1ccc(CF)cc1)c1ncccc1C(F)(F)F)c1cc2ccccc2s1. The van der Waals surface area contributed by atoms with Gasteiger partial charge in [-0.25, -0.2) is 4.39 Å². The van der Waals surface area contributed by atoms with Crippen molar-refractivity contribution in [3.63, 3.8) is 0 Å². The number of aromatic nitrogens is 1. The van der Waals surface area contributed by atoms with Crippen LogP contribution in [-0.2, 0) is 12.9 Å². The van der Waals surface area contributed by atoms with E-state index in [-0.39, 0.29) is 5.69 Å². The maximum absolute atomic E-state index is 13.6. The zero-order valence-electron chi connectivity index (χ0n) is 16.0. The molecule has 2 aromatic heterocycles. The van der Waals surface area contributed by atoms with Crippen molar-refractivity contribution in [1.82, 2.24) is 10.3 Å². The van der Waals surface area contributed by atoms with Gasteiger partial charge in [-0.3, -0.25) is 9.78 Å². The third kappa shape index (κ3) is 4.44. The number of hydrogen-bond donors (Lipinski definition) is 1. The minimum absolute atomic E-state index is 0.322. The summed E-state index contributed by atoms with van der Waals surface area (Å²) < 4.78 is 54.7. The van der Waals surface area contributed by atoms with Crippen molar-refractivity contribution in [3.05, 3.63) is 100 Å². The molecule has 4 rings (SSSR count). The van der Waals surface area contributed by atoms with Gasteiger partial charge in [-0.15, -0.1) is 11.3 Å². The summed E-state index contributed by atoms with van der Waals surface area (Å²) in [5, 5.41) is 3.56. The van der Waals surface area contributed by atoms with Gasteiger partial charge in [0.1, 0.15) is 6.67 Å². The fourth-order valence-electron chi connectivity index (χ4n) is 3.29. The number of fused-ring (bicyclic) bond motifs is 1. The van der Waals surface area contributed by atoms with Crippen LogP contribution in [0.2, 0.25) is 0 Å². The molecule has 8 heteroatoms. The normalized spacial score (nSPS) is 12.6. The third-order valence-electron chi connectivity index (χ3n) is 4.81. The molecule has 0 spiro atoms. The molecule has 0 unspecified atom stereocenters. The van der Waals surface area contributed by atoms with Gasteiger partial charge in [0.05, 0.1) is 22.2 Å². The van der Waals surface area contributed by atoms with Crippen LogP contribution >= 0.6 is 11.3 Å². The molecular weight excluding hydrogens is 428 g/mol. The molecule has 0 aliphatic rings. The number of carbonyl (C=O) groups excluding carboxylic acids is 1. The average Bonchev–Trinajstić information content (AvgIpc) is 3.21. The fourth-order valence-corrected chi connectivity index (χ4v) is 4.26. The predicted molar refractivity (Wildman–Crippen MR) is 112 cm³/mol. The second kappa shape index (κ2) is 8.47. The van der Waals surface area contributed by atoms with E-state index >= 15 is 0 Å². The Hall–Kier alpha value is -3.26. The minimum Gasteiger partial charge on any atom is -0.339 e. The lowest BCUT2D eigenvalue weighted by atomic mass is 9.98. The predicted octanol–water partition coefficient (Wildman–Crippen LogP) is 6.30. The first-order chi connectivity index (χ1) is 14.9. The van der Waals surface area contributed by atoms with E-state index in [4.69, 9.17) is 0 Å². The molecule has 1 atom stereocenters. The molecule has 0 aliphatic carbocycles. The number of nitrogens with one attached hydrogen (secondary N) is 1. The molecule has 3 nitrogen and oxygen atoms in total. The van der Waals surface area contributed by atoms with Gasteiger partial charge in [0.2, 0.25) is 0 Å². The van der Waals surface area contributed by atoms with Crippen molar-refractivity contribution in [3.8, 4) is 0 Å². The van der Waals surface area contributed by atoms with Crippen LogP contribution < -0.4 is 5.32 Å². The first kappa shape index (κ1) is 21.0. The number of pyridine rings is 1. The van der Waals surface area contributed by atoms with Crippen LogP contribution in [0.4, 0.5) is 17.6 Å². The van der Waals surface area contributed by atoms with Crippen LogP contribution in [0.3, 0.4) is 0 Å². The van der Waals surface area contributed by atoms with Crippen LogP contribution in [0, 0.1) is 0 Å². The molecule has 0 saturated heterocycles. The summed E-state index contributed by atoms with van der Waals surface area (Å²) in [6.45, 7) is -0.698. The molecule has 0 fully saturated rings. The number of benzene rings is 2. The van der Waals surface area contributed by atoms with Gasteiger partial charge in [-0.2, -0.15) is 13.2 Å². The van der Waals surface area contributed by atoms with E-state index in [0.29, 0.717) is 16.0 Å². The van der Waals surface area contributed by atoms with E-state index < -0.39 is 30.4 Å². The van der Waals surface area contributed by atoms with E-state index in [1.807, 2.05) is 24.3 Å². The highest BCUT2D eigenvalue weighted by Gasteiger charge is 2.37. The van der Waals surface area contributed by atoms with Gasteiger partial charge in [-0.1, -0.05) is 42.5 Å². The molecule has 0 bridgehead atoms. The van der Waals surface area contributed by atoms with Gasteiger partial charge in [0.25, 0.3) is 5.91 Å². The van der Waals surface area contributed by atoms with Crippen LogP contribution in [0.15, 0.2) is 72.9 Å². The average molecular weight is 444 g/mol. The zero-order valence-corrected chi connectivity index (χ0v) is 16.8. The second-order valence-electron chi connectivity index (χ2n) is 6.86. The summed E-state index contributed by atoms with van der Waals surface area (Å²) in [4.78, 5) is 17.3. The Morgan fingerprint density at radius 2 is 1.77 bits per heavy atom. The van der Waals surface area contributed by atoms with Crippen molar-refractivity contribution in [2.75, 3.05) is 0 Å². The zero-order chi connectivity index (χ0) is 22.0. The van der Waals surface area contributed by atoms with Crippen molar-refractivity contribution in [1.29, 1.82) is 0 Å². The van der Waals surface area contributed by atoms with E-state index in [1.165, 1.54) is 47.9 Å². The topological polar surface area (TPSA) is 42.0 Å². The summed E-state index contributed by atoms with van der Waals surface area (Å²) in [5.41, 5.74) is -0.505. The molecule has 2 aromatic carbocycles. The summed E-state index contributed by atoms with van der Waals surface area (Å²) >= 11 is 1.25. The molecule has 158 valence electrons. The highest BCUT2D eigenvalue weighted by atomic mass is 32.1. The van der Waals surface area contributed by atoms with Crippen molar-refractivity contribution in [2.45, 2.75) is 18.9 Å². The van der Waals surface area contributed by atoms with Gasteiger partial charge in [0.15, 0.2) is 0 Å². The second-order valence-corrected chi connectivity index (χ2v) is 7.95. The van der Waals surface area contributed by atoms with Crippen LogP contribution in [0.25, 0.3) is 10.1 Å². The van der Waals surface area contributed by atoms with Crippen molar-refractivity contribution < 1.29 is 22.4 Å². The smallest absolute Gasteiger partial charge is 0.339 e. The third-order valence-corrected chi connectivity index (χ3v) is 5.92. The number of amides is 1. The molecule has 0 radical (unpaired) electrons. The molecule has 1 N–H and O–H groups in total. The Kier molecular flexibility index (Phi) is 5.73. The van der Waals surface area contributed by atoms with Crippen LogP contribution in [0.1, 0.15) is 38.1 Å². The van der Waals surface area contributed by atoms with Gasteiger partial charge < -0.3 is 5.32 Å². The Balaban J connectivity index is 1.76. The molecule has 31 heavy (non-hydrogen) atoms. The lowest BCUT2D eigenvalue weighted by Gasteiger charge is -2.22. The molecule has 4 aromatic rings. The molecule has 0 aliphatic heterocycles. The number of thiophene rings is 1. The number of rotatable bonds is 5. The van der Waals surface area contributed by atoms with Crippen LogP contribution in [0.5, 0.6) is 0 Å². The molecule has 1 amide bonds. The van der Waals surface area contributed by atoms with Crippen molar-refractivity contribution >= 4 is 27.3 Å². The summed E-state index contributed by atoms with van der Waals surface area (Å²) in [6.07, 6.45) is -3.40. The lowest BCUT2D eigenvalue weighted by molar-refractivity contribution is -0.138. The number of nitrogens with zero attached hydrogens (tertiary/aromatic N) is 1. The van der Waals surface area contributed by atoms with E-state index in [9.17, 15) is 22.4 Å². The highest BCUT2D eigenvalue weighted by molar-refractivity contribution is 7.20. The Labute approximate surface area is 179 Å². The number of alkyl halides is 4. The first-order valence-corrected chi connectivity index (χ1v) is 10.1. The monoisotopic (exact) mass is 444 g/mol. The number of hydrogen-bond acceptors (Lipinski definition) is 3. The maximum Gasteiger partial charge on any atom is 0.418 e. The maximum atomic E-state index is 13.6. The Bertz CT molecular complexity index is 1190. The molecule has 2 heterocycles. The van der Waals surface area contributed by atoms with Gasteiger partial charge in [0, 0.05) is 10.9 Å². The van der Waals surface area contributed by atoms with E-state index in [2.05, 4.69) is 10.3 Å². The first-order valence-electron chi connectivity index (χ1n) is 9.33. The number of halogens is 4. The quantitative estimate of drug-likeness (QED) is 0.367. The lowest BCUT2D eigenvalue weighted by Crippen LogP contribution is -2.31. The molecule has 0 saturated carbocycles. The summed E-state index contributed by atoms with van der Waals surface area (Å²) in [6, 6.07) is 16.0. The fraction of sp³-hybridized carbons (Fsp3) is 0.130. The van der Waals surface area contributed by atoms with Gasteiger partial charge >= 0.3 is 6.18 Å². The minimum atomic E-state index is -4.65. The van der Waals surface area contributed by atoms with Gasteiger partial charge in [-0.05, 0) is 40.8 Å². The highest BCUT2D eigenvalue weighted by Crippen LogP contribution is 2.36. The summed E-state index contributed by atoms with van der Waals surface area (Å²) in [5.74, 6) is -0.514. The van der Waals surface area contributed by atoms with E-state index in [1.54, 1.807) is 6.07 Å². The Morgan fingerprint density at radius 3 is 2.45 bits per heavy atom. The number of carbonyl (C=O) groups is 1. The van der Waals surface area contributed by atoms with Crippen molar-refractivity contribution in [2.24, 2.45) is 0 Å².